The van der Waals surface area contributed by atoms with Gasteiger partial charge in [-0.25, -0.2) is 0 Å². The lowest BCUT2D eigenvalue weighted by Gasteiger charge is -2.15. The van der Waals surface area contributed by atoms with E-state index in [2.05, 4.69) is 0 Å². The monoisotopic (exact) mass is 223 g/mol. The van der Waals surface area contributed by atoms with Gasteiger partial charge >= 0.3 is 5.97 Å². The molecule has 0 saturated heterocycles. The van der Waals surface area contributed by atoms with Crippen molar-refractivity contribution in [3.8, 4) is 0 Å². The number of carbonyl (C=O) groups excluding carboxylic acids is 1. The Kier molecular flexibility index (Phi) is 2.68. The molecule has 0 aliphatic heterocycles. The molecular weight excluding hydrogens is 210 g/mol. The first-order chi connectivity index (χ1) is 7.59. The van der Waals surface area contributed by atoms with E-state index in [1.54, 1.807) is 25.4 Å². The van der Waals surface area contributed by atoms with Crippen LogP contribution < -0.4 is 0 Å². The van der Waals surface area contributed by atoms with Crippen LogP contribution in [0.4, 0.5) is 0 Å². The maximum Gasteiger partial charge on any atom is 0.307 e. The summed E-state index contributed by atoms with van der Waals surface area (Å²) in [4.78, 5) is 23.9. The number of amides is 1. The van der Waals surface area contributed by atoms with Gasteiger partial charge in [-0.1, -0.05) is 0 Å². The first-order valence-electron chi connectivity index (χ1n) is 5.09. The number of hydrogen-bond donors (Lipinski definition) is 1. The molecule has 1 aromatic rings. The Labute approximate surface area is 92.7 Å². The van der Waals surface area contributed by atoms with Crippen LogP contribution in [0.25, 0.3) is 0 Å². The molecule has 1 saturated carbocycles. The van der Waals surface area contributed by atoms with Gasteiger partial charge < -0.3 is 14.4 Å². The average molecular weight is 223 g/mol. The lowest BCUT2D eigenvalue weighted by molar-refractivity contribution is -0.141. The molecule has 2 atom stereocenters. The van der Waals surface area contributed by atoms with Gasteiger partial charge in [-0.15, -0.1) is 0 Å². The predicted molar refractivity (Wildman–Crippen MR) is 54.4 cm³/mol. The van der Waals surface area contributed by atoms with Crippen molar-refractivity contribution in [3.05, 3.63) is 24.2 Å². The van der Waals surface area contributed by atoms with E-state index in [-0.39, 0.29) is 11.8 Å². The highest BCUT2D eigenvalue weighted by molar-refractivity contribution is 5.89. The smallest absolute Gasteiger partial charge is 0.307 e. The molecule has 2 rings (SSSR count). The Morgan fingerprint density at radius 2 is 2.31 bits per heavy atom. The van der Waals surface area contributed by atoms with Crippen molar-refractivity contribution in [2.24, 2.45) is 11.8 Å². The topological polar surface area (TPSA) is 70.8 Å². The van der Waals surface area contributed by atoms with Gasteiger partial charge in [-0.2, -0.15) is 0 Å². The molecule has 1 heterocycles. The summed E-state index contributed by atoms with van der Waals surface area (Å²) in [6.07, 6.45) is 2.00. The van der Waals surface area contributed by atoms with Gasteiger partial charge in [-0.05, 0) is 18.6 Å². The summed E-state index contributed by atoms with van der Waals surface area (Å²) in [7, 11) is 1.65. The number of rotatable bonds is 4. The van der Waals surface area contributed by atoms with Crippen molar-refractivity contribution in [3.63, 3.8) is 0 Å². The number of carboxylic acids is 1. The Bertz CT molecular complexity index is 398. The van der Waals surface area contributed by atoms with Crippen LogP contribution in [0.2, 0.25) is 0 Å². The van der Waals surface area contributed by atoms with E-state index in [9.17, 15) is 9.59 Å². The van der Waals surface area contributed by atoms with Crippen LogP contribution in [0.15, 0.2) is 22.8 Å². The van der Waals surface area contributed by atoms with Gasteiger partial charge in [0.2, 0.25) is 5.91 Å². The third-order valence-electron chi connectivity index (χ3n) is 2.77. The van der Waals surface area contributed by atoms with Gasteiger partial charge in [0.25, 0.3) is 0 Å². The Hall–Kier alpha value is -1.78. The molecule has 0 spiro atoms. The van der Waals surface area contributed by atoms with Gasteiger partial charge in [-0.3, -0.25) is 9.59 Å². The maximum absolute atomic E-state index is 11.8. The largest absolute Gasteiger partial charge is 0.481 e. The summed E-state index contributed by atoms with van der Waals surface area (Å²) in [6.45, 7) is 0.384. The number of carbonyl (C=O) groups is 2. The summed E-state index contributed by atoms with van der Waals surface area (Å²) in [5.41, 5.74) is 0. The van der Waals surface area contributed by atoms with E-state index in [4.69, 9.17) is 9.52 Å². The molecule has 1 aliphatic rings. The third kappa shape index (κ3) is 2.08. The van der Waals surface area contributed by atoms with Gasteiger partial charge in [0.05, 0.1) is 24.6 Å². The number of carboxylic acid groups (broad SMARTS) is 1. The minimum absolute atomic E-state index is 0.121. The van der Waals surface area contributed by atoms with E-state index >= 15 is 0 Å². The van der Waals surface area contributed by atoms with E-state index in [1.807, 2.05) is 0 Å². The summed E-state index contributed by atoms with van der Waals surface area (Å²) >= 11 is 0. The molecular formula is C11H13NO4. The molecule has 0 bridgehead atoms. The standard InChI is InChI=1S/C11H13NO4/c1-12(6-7-3-2-4-16-7)10(13)8-5-9(8)11(14)15/h2-4,8-9H,5-6H2,1H3,(H,14,15)/t8-,9+/m1/s1. The fraction of sp³-hybridized carbons (Fsp3) is 0.455. The van der Waals surface area contributed by atoms with Crippen LogP contribution >= 0.6 is 0 Å². The zero-order valence-corrected chi connectivity index (χ0v) is 8.92. The Balaban J connectivity index is 1.89. The fourth-order valence-electron chi connectivity index (χ4n) is 1.74. The lowest BCUT2D eigenvalue weighted by Crippen LogP contribution is -2.28. The Morgan fingerprint density at radius 1 is 1.56 bits per heavy atom. The second-order valence-electron chi connectivity index (χ2n) is 4.06. The van der Waals surface area contributed by atoms with Crippen molar-refractivity contribution in [1.82, 2.24) is 4.90 Å². The van der Waals surface area contributed by atoms with E-state index in [0.717, 1.165) is 0 Å². The van der Waals surface area contributed by atoms with Crippen LogP contribution in [-0.4, -0.2) is 28.9 Å². The Morgan fingerprint density at radius 3 is 2.81 bits per heavy atom. The highest BCUT2D eigenvalue weighted by Gasteiger charge is 2.49. The first-order valence-corrected chi connectivity index (χ1v) is 5.09. The highest BCUT2D eigenvalue weighted by atomic mass is 16.4. The van der Waals surface area contributed by atoms with Crippen LogP contribution in [0, 0.1) is 11.8 Å². The fourth-order valence-corrected chi connectivity index (χ4v) is 1.74. The van der Waals surface area contributed by atoms with Crippen molar-refractivity contribution < 1.29 is 19.1 Å². The zero-order valence-electron chi connectivity index (χ0n) is 8.92. The van der Waals surface area contributed by atoms with Crippen LogP contribution in [0.3, 0.4) is 0 Å². The minimum atomic E-state index is -0.884. The molecule has 5 nitrogen and oxygen atoms in total. The predicted octanol–water partition coefficient (Wildman–Crippen LogP) is 0.959. The van der Waals surface area contributed by atoms with Crippen molar-refractivity contribution in [1.29, 1.82) is 0 Å². The number of aliphatic carboxylic acids is 1. The molecule has 86 valence electrons. The van der Waals surface area contributed by atoms with Gasteiger partial charge in [0.1, 0.15) is 5.76 Å². The molecule has 1 N–H and O–H groups in total. The summed E-state index contributed by atoms with van der Waals surface area (Å²) in [5, 5.41) is 8.72. The first kappa shape index (κ1) is 10.7. The quantitative estimate of drug-likeness (QED) is 0.825. The molecule has 1 aromatic heterocycles. The minimum Gasteiger partial charge on any atom is -0.481 e. The molecule has 1 fully saturated rings. The third-order valence-corrected chi connectivity index (χ3v) is 2.77. The molecule has 1 amide bonds. The van der Waals surface area contributed by atoms with Crippen molar-refractivity contribution >= 4 is 11.9 Å². The molecule has 0 radical (unpaired) electrons. The SMILES string of the molecule is CN(Cc1ccco1)C(=O)[C@@H]1C[C@@H]1C(=O)O. The average Bonchev–Trinajstić information content (AvgIpc) is 2.89. The number of nitrogens with zero attached hydrogens (tertiary/aromatic N) is 1. The van der Waals surface area contributed by atoms with E-state index in [1.165, 1.54) is 4.90 Å². The molecule has 1 aliphatic carbocycles. The second-order valence-corrected chi connectivity index (χ2v) is 4.06. The highest BCUT2D eigenvalue weighted by Crippen LogP contribution is 2.40. The summed E-state index contributed by atoms with van der Waals surface area (Å²) in [5.74, 6) is -1.15. The number of hydrogen-bond acceptors (Lipinski definition) is 3. The van der Waals surface area contributed by atoms with E-state index < -0.39 is 11.9 Å². The molecule has 0 unspecified atom stereocenters. The summed E-state index contributed by atoms with van der Waals surface area (Å²) < 4.78 is 5.12. The van der Waals surface area contributed by atoms with Gasteiger partial charge in [0, 0.05) is 7.05 Å². The van der Waals surface area contributed by atoms with Crippen molar-refractivity contribution in [2.45, 2.75) is 13.0 Å². The number of furan rings is 1. The van der Waals surface area contributed by atoms with Gasteiger partial charge in [0.15, 0.2) is 0 Å². The second kappa shape index (κ2) is 4.00. The van der Waals surface area contributed by atoms with Crippen LogP contribution in [0.1, 0.15) is 12.2 Å². The van der Waals surface area contributed by atoms with Crippen LogP contribution in [-0.2, 0) is 16.1 Å². The van der Waals surface area contributed by atoms with E-state index in [0.29, 0.717) is 18.7 Å². The molecule has 5 heteroatoms. The molecule has 16 heavy (non-hydrogen) atoms. The lowest BCUT2D eigenvalue weighted by atomic mass is 10.3. The molecule has 0 aromatic carbocycles. The summed E-state index contributed by atoms with van der Waals surface area (Å²) in [6, 6.07) is 3.54. The zero-order chi connectivity index (χ0) is 11.7. The maximum atomic E-state index is 11.8. The normalized spacial score (nSPS) is 22.8. The van der Waals surface area contributed by atoms with Crippen molar-refractivity contribution in [2.75, 3.05) is 7.05 Å². The van der Waals surface area contributed by atoms with Crippen LogP contribution in [0.5, 0.6) is 0 Å².